The van der Waals surface area contributed by atoms with Crippen LogP contribution in [0.4, 0.5) is 0 Å². The van der Waals surface area contributed by atoms with Crippen LogP contribution in [0.2, 0.25) is 0 Å². The van der Waals surface area contributed by atoms with E-state index in [1.807, 2.05) is 0 Å². The summed E-state index contributed by atoms with van der Waals surface area (Å²) in [5.41, 5.74) is 1.40. The Morgan fingerprint density at radius 3 is 2.94 bits per heavy atom. The molecule has 1 aromatic carbocycles. The van der Waals surface area contributed by atoms with E-state index in [1.165, 1.54) is 36.0 Å². The van der Waals surface area contributed by atoms with Crippen molar-refractivity contribution in [3.05, 3.63) is 34.3 Å². The maximum Gasteiger partial charge on any atom is 0.0234 e. The summed E-state index contributed by atoms with van der Waals surface area (Å²) in [6.07, 6.45) is 2.65. The van der Waals surface area contributed by atoms with Gasteiger partial charge in [-0.2, -0.15) is 0 Å². The molecule has 0 aromatic heterocycles. The first-order valence-electron chi connectivity index (χ1n) is 6.28. The molecule has 94 valence electrons. The summed E-state index contributed by atoms with van der Waals surface area (Å²) in [5.74, 6) is 0. The molecule has 0 bridgehead atoms. The van der Waals surface area contributed by atoms with E-state index < -0.39 is 0 Å². The topological polar surface area (TPSA) is 6.48 Å². The number of hydrogen-bond donors (Lipinski definition) is 0. The van der Waals surface area contributed by atoms with Crippen LogP contribution < -0.4 is 0 Å². The first kappa shape index (κ1) is 13.1. The highest BCUT2D eigenvalue weighted by atomic mass is 79.9. The Kier molecular flexibility index (Phi) is 4.60. The fourth-order valence-electron chi connectivity index (χ4n) is 2.49. The zero-order chi connectivity index (χ0) is 12.3. The lowest BCUT2D eigenvalue weighted by atomic mass is 10.0. The van der Waals surface area contributed by atoms with Crippen molar-refractivity contribution in [2.24, 2.45) is 0 Å². The van der Waals surface area contributed by atoms with Gasteiger partial charge in [0.25, 0.3) is 0 Å². The largest absolute Gasteiger partial charge is 0.305 e. The lowest BCUT2D eigenvalue weighted by Gasteiger charge is -2.36. The molecule has 0 N–H and O–H groups in total. The molecule has 1 fully saturated rings. The Labute approximate surface area is 113 Å². The van der Waals surface area contributed by atoms with Crippen LogP contribution >= 0.6 is 15.9 Å². The molecule has 1 aliphatic rings. The van der Waals surface area contributed by atoms with Crippen molar-refractivity contribution in [3.63, 3.8) is 0 Å². The summed E-state index contributed by atoms with van der Waals surface area (Å²) in [6, 6.07) is 9.36. The predicted octanol–water partition coefficient (Wildman–Crippen LogP) is 2.98. The van der Waals surface area contributed by atoms with Crippen LogP contribution in [0.15, 0.2) is 28.7 Å². The first-order valence-corrected chi connectivity index (χ1v) is 7.07. The Balaban J connectivity index is 1.94. The second-order valence-corrected chi connectivity index (χ2v) is 6.04. The standard InChI is InChI=1S/C14H21BrN2/c1-16(2)14-7-4-8-17(11-14)10-12-5-3-6-13(15)9-12/h3,5-6,9,14H,4,7-8,10-11H2,1-2H3. The molecular weight excluding hydrogens is 276 g/mol. The fourth-order valence-corrected chi connectivity index (χ4v) is 2.94. The molecule has 0 amide bonds. The summed E-state index contributed by atoms with van der Waals surface area (Å²) in [7, 11) is 4.38. The van der Waals surface area contributed by atoms with Crippen LogP contribution in [0, 0.1) is 0 Å². The number of hydrogen-bond acceptors (Lipinski definition) is 2. The van der Waals surface area contributed by atoms with Gasteiger partial charge >= 0.3 is 0 Å². The van der Waals surface area contributed by atoms with E-state index in [1.54, 1.807) is 0 Å². The first-order chi connectivity index (χ1) is 8.15. The molecule has 1 unspecified atom stereocenters. The number of benzene rings is 1. The molecule has 2 rings (SSSR count). The minimum atomic E-state index is 0.718. The SMILES string of the molecule is CN(C)C1CCCN(Cc2cccc(Br)c2)C1. The average Bonchev–Trinajstić information content (AvgIpc) is 2.29. The van der Waals surface area contributed by atoms with Crippen LogP contribution in [-0.4, -0.2) is 43.0 Å². The van der Waals surface area contributed by atoms with Gasteiger partial charge in [0.1, 0.15) is 0 Å². The summed E-state index contributed by atoms with van der Waals surface area (Å²) in [6.45, 7) is 3.50. The van der Waals surface area contributed by atoms with E-state index >= 15 is 0 Å². The summed E-state index contributed by atoms with van der Waals surface area (Å²) >= 11 is 3.54. The Hall–Kier alpha value is -0.380. The molecule has 3 heteroatoms. The smallest absolute Gasteiger partial charge is 0.0234 e. The molecule has 0 saturated carbocycles. The molecule has 2 nitrogen and oxygen atoms in total. The van der Waals surface area contributed by atoms with Crippen LogP contribution in [0.5, 0.6) is 0 Å². The van der Waals surface area contributed by atoms with Gasteiger partial charge in [0.2, 0.25) is 0 Å². The number of rotatable bonds is 3. The van der Waals surface area contributed by atoms with Gasteiger partial charge in [-0.15, -0.1) is 0 Å². The highest BCUT2D eigenvalue weighted by Crippen LogP contribution is 2.18. The second-order valence-electron chi connectivity index (χ2n) is 5.12. The number of nitrogens with zero attached hydrogens (tertiary/aromatic N) is 2. The molecule has 1 atom stereocenters. The zero-order valence-electron chi connectivity index (χ0n) is 10.7. The van der Waals surface area contributed by atoms with Gasteiger partial charge in [-0.1, -0.05) is 28.1 Å². The van der Waals surface area contributed by atoms with E-state index in [4.69, 9.17) is 0 Å². The molecule has 1 heterocycles. The van der Waals surface area contributed by atoms with E-state index in [0.717, 1.165) is 12.6 Å². The fraction of sp³-hybridized carbons (Fsp3) is 0.571. The maximum atomic E-state index is 3.54. The number of piperidine rings is 1. The van der Waals surface area contributed by atoms with Crippen molar-refractivity contribution in [2.75, 3.05) is 27.2 Å². The molecular formula is C14H21BrN2. The van der Waals surface area contributed by atoms with Crippen LogP contribution in [0.25, 0.3) is 0 Å². The zero-order valence-corrected chi connectivity index (χ0v) is 12.3. The third-order valence-electron chi connectivity index (χ3n) is 3.51. The third kappa shape index (κ3) is 3.80. The van der Waals surface area contributed by atoms with Gasteiger partial charge in [-0.3, -0.25) is 4.90 Å². The molecule has 17 heavy (non-hydrogen) atoms. The monoisotopic (exact) mass is 296 g/mol. The average molecular weight is 297 g/mol. The van der Waals surface area contributed by atoms with E-state index in [0.29, 0.717) is 0 Å². The van der Waals surface area contributed by atoms with Crippen LogP contribution in [0.3, 0.4) is 0 Å². The van der Waals surface area contributed by atoms with Crippen LogP contribution in [-0.2, 0) is 6.54 Å². The van der Waals surface area contributed by atoms with Gasteiger partial charge in [0, 0.05) is 23.6 Å². The molecule has 1 aliphatic heterocycles. The predicted molar refractivity (Wildman–Crippen MR) is 76.1 cm³/mol. The minimum absolute atomic E-state index is 0.718. The number of likely N-dealkylation sites (N-methyl/N-ethyl adjacent to an activating group) is 1. The highest BCUT2D eigenvalue weighted by molar-refractivity contribution is 9.10. The molecule has 0 aliphatic carbocycles. The van der Waals surface area contributed by atoms with Crippen molar-refractivity contribution in [2.45, 2.75) is 25.4 Å². The normalized spacial score (nSPS) is 22.0. The Morgan fingerprint density at radius 1 is 1.41 bits per heavy atom. The van der Waals surface area contributed by atoms with Crippen LogP contribution in [0.1, 0.15) is 18.4 Å². The molecule has 0 radical (unpaired) electrons. The van der Waals surface area contributed by atoms with E-state index in [9.17, 15) is 0 Å². The lowest BCUT2D eigenvalue weighted by Crippen LogP contribution is -2.44. The van der Waals surface area contributed by atoms with E-state index in [2.05, 4.69) is 64.1 Å². The minimum Gasteiger partial charge on any atom is -0.305 e. The van der Waals surface area contributed by atoms with Crippen molar-refractivity contribution < 1.29 is 0 Å². The quantitative estimate of drug-likeness (QED) is 0.846. The molecule has 1 aromatic rings. The van der Waals surface area contributed by atoms with Gasteiger partial charge in [-0.25, -0.2) is 0 Å². The number of likely N-dealkylation sites (tertiary alicyclic amines) is 1. The molecule has 1 saturated heterocycles. The van der Waals surface area contributed by atoms with Crippen molar-refractivity contribution in [3.8, 4) is 0 Å². The van der Waals surface area contributed by atoms with Crippen molar-refractivity contribution in [1.29, 1.82) is 0 Å². The summed E-state index contributed by atoms with van der Waals surface area (Å²) in [4.78, 5) is 4.92. The summed E-state index contributed by atoms with van der Waals surface area (Å²) in [5, 5.41) is 0. The van der Waals surface area contributed by atoms with Gasteiger partial charge < -0.3 is 4.90 Å². The summed E-state index contributed by atoms with van der Waals surface area (Å²) < 4.78 is 1.18. The van der Waals surface area contributed by atoms with Gasteiger partial charge in [0.15, 0.2) is 0 Å². The van der Waals surface area contributed by atoms with Gasteiger partial charge in [0.05, 0.1) is 0 Å². The maximum absolute atomic E-state index is 3.54. The second kappa shape index (κ2) is 5.98. The highest BCUT2D eigenvalue weighted by Gasteiger charge is 2.21. The van der Waals surface area contributed by atoms with Crippen molar-refractivity contribution in [1.82, 2.24) is 9.80 Å². The lowest BCUT2D eigenvalue weighted by molar-refractivity contribution is 0.128. The van der Waals surface area contributed by atoms with Gasteiger partial charge in [-0.05, 0) is 51.2 Å². The molecule has 0 spiro atoms. The van der Waals surface area contributed by atoms with Crippen molar-refractivity contribution >= 4 is 15.9 Å². The third-order valence-corrected chi connectivity index (χ3v) is 4.00. The Bertz CT molecular complexity index is 365. The Morgan fingerprint density at radius 2 is 2.24 bits per heavy atom. The van der Waals surface area contributed by atoms with E-state index in [-0.39, 0.29) is 0 Å². The number of halogens is 1.